The Hall–Kier alpha value is -2.08. The van der Waals surface area contributed by atoms with Gasteiger partial charge < -0.3 is 9.80 Å². The smallest absolute Gasteiger partial charge is 0.253 e. The molecule has 0 N–H and O–H groups in total. The zero-order valence-electron chi connectivity index (χ0n) is 17.4. The average Bonchev–Trinajstić information content (AvgIpc) is 3.27. The van der Waals surface area contributed by atoms with Crippen LogP contribution in [0.25, 0.3) is 0 Å². The predicted molar refractivity (Wildman–Crippen MR) is 119 cm³/mol. The summed E-state index contributed by atoms with van der Waals surface area (Å²) in [6.45, 7) is 7.16. The van der Waals surface area contributed by atoms with Crippen molar-refractivity contribution in [2.45, 2.75) is 62.9 Å². The fourth-order valence-electron chi connectivity index (χ4n) is 4.22. The van der Waals surface area contributed by atoms with E-state index >= 15 is 0 Å². The number of hydrogen-bond acceptors (Lipinski definition) is 5. The van der Waals surface area contributed by atoms with E-state index in [-0.39, 0.29) is 5.91 Å². The van der Waals surface area contributed by atoms with Crippen LogP contribution in [0.5, 0.6) is 0 Å². The van der Waals surface area contributed by atoms with Crippen LogP contribution in [0.3, 0.4) is 0 Å². The fourth-order valence-corrected chi connectivity index (χ4v) is 5.06. The van der Waals surface area contributed by atoms with Crippen molar-refractivity contribution >= 4 is 23.5 Å². The number of carbonyl (C=O) groups is 1. The zero-order chi connectivity index (χ0) is 20.2. The Balaban J connectivity index is 1.45. The van der Waals surface area contributed by atoms with Crippen molar-refractivity contribution in [3.63, 3.8) is 0 Å². The Morgan fingerprint density at radius 3 is 2.69 bits per heavy atom. The van der Waals surface area contributed by atoms with Gasteiger partial charge in [0.25, 0.3) is 5.91 Å². The van der Waals surface area contributed by atoms with Gasteiger partial charge in [-0.2, -0.15) is 0 Å². The SMILES string of the molecule is Cc1cc(N2CCCC[C@@H]2C)nc(SCc2cccc(C(=O)N3CCCC3)c2)n1. The molecule has 4 rings (SSSR count). The van der Waals surface area contributed by atoms with Gasteiger partial charge in [-0.05, 0) is 63.6 Å². The highest BCUT2D eigenvalue weighted by Crippen LogP contribution is 2.27. The second-order valence-corrected chi connectivity index (χ2v) is 9.12. The number of anilines is 1. The van der Waals surface area contributed by atoms with E-state index in [1.54, 1.807) is 11.8 Å². The largest absolute Gasteiger partial charge is 0.354 e. The monoisotopic (exact) mass is 410 g/mol. The van der Waals surface area contributed by atoms with Crippen LogP contribution >= 0.6 is 11.8 Å². The van der Waals surface area contributed by atoms with Gasteiger partial charge in [-0.15, -0.1) is 0 Å². The first-order chi connectivity index (χ1) is 14.1. The van der Waals surface area contributed by atoms with Crippen LogP contribution in [0, 0.1) is 6.92 Å². The second-order valence-electron chi connectivity index (χ2n) is 8.18. The standard InChI is InChI=1S/C23H30N4OS/c1-17-14-21(27-13-4-3-8-18(27)2)25-23(24-17)29-16-19-9-7-10-20(15-19)22(28)26-11-5-6-12-26/h7,9-10,14-15,18H,3-6,8,11-13,16H2,1-2H3/t18-/m0/s1. The maximum atomic E-state index is 12.7. The number of aromatic nitrogens is 2. The molecule has 1 aromatic carbocycles. The Morgan fingerprint density at radius 1 is 1.10 bits per heavy atom. The van der Waals surface area contributed by atoms with E-state index in [0.717, 1.165) is 66.0 Å². The summed E-state index contributed by atoms with van der Waals surface area (Å²) >= 11 is 1.65. The summed E-state index contributed by atoms with van der Waals surface area (Å²) in [6, 6.07) is 10.6. The fraction of sp³-hybridized carbons (Fsp3) is 0.522. The van der Waals surface area contributed by atoms with Crippen LogP contribution in [0.4, 0.5) is 5.82 Å². The number of aryl methyl sites for hydroxylation is 1. The Labute approximate surface area is 177 Å². The van der Waals surface area contributed by atoms with Crippen molar-refractivity contribution < 1.29 is 4.79 Å². The second kappa shape index (κ2) is 9.16. The van der Waals surface area contributed by atoms with Gasteiger partial charge in [0.15, 0.2) is 5.16 Å². The number of carbonyl (C=O) groups excluding carboxylic acids is 1. The molecule has 0 saturated carbocycles. The van der Waals surface area contributed by atoms with Gasteiger partial charge in [0.2, 0.25) is 0 Å². The van der Waals surface area contributed by atoms with Crippen LogP contribution in [0.2, 0.25) is 0 Å². The van der Waals surface area contributed by atoms with E-state index in [9.17, 15) is 4.79 Å². The molecule has 1 aromatic heterocycles. The van der Waals surface area contributed by atoms with Gasteiger partial charge in [0.05, 0.1) is 0 Å². The molecule has 2 saturated heterocycles. The first kappa shape index (κ1) is 20.2. The van der Waals surface area contributed by atoms with E-state index in [4.69, 9.17) is 4.98 Å². The number of piperidine rings is 1. The first-order valence-electron chi connectivity index (χ1n) is 10.7. The molecule has 1 amide bonds. The summed E-state index contributed by atoms with van der Waals surface area (Å²) in [6.07, 6.45) is 5.99. The van der Waals surface area contributed by atoms with E-state index in [0.29, 0.717) is 6.04 Å². The van der Waals surface area contributed by atoms with E-state index < -0.39 is 0 Å². The number of rotatable bonds is 5. The molecule has 0 radical (unpaired) electrons. The molecular weight excluding hydrogens is 380 g/mol. The summed E-state index contributed by atoms with van der Waals surface area (Å²) in [5, 5.41) is 0.814. The molecule has 1 atom stereocenters. The minimum absolute atomic E-state index is 0.155. The van der Waals surface area contributed by atoms with E-state index in [1.165, 1.54) is 19.3 Å². The van der Waals surface area contributed by atoms with Crippen molar-refractivity contribution in [1.29, 1.82) is 0 Å². The lowest BCUT2D eigenvalue weighted by Gasteiger charge is -2.34. The highest BCUT2D eigenvalue weighted by atomic mass is 32.2. The maximum Gasteiger partial charge on any atom is 0.253 e. The van der Waals surface area contributed by atoms with Gasteiger partial charge in [0.1, 0.15) is 5.82 Å². The van der Waals surface area contributed by atoms with Crippen LogP contribution in [-0.2, 0) is 5.75 Å². The van der Waals surface area contributed by atoms with Gasteiger partial charge >= 0.3 is 0 Å². The van der Waals surface area contributed by atoms with E-state index in [2.05, 4.69) is 28.9 Å². The molecule has 0 bridgehead atoms. The molecule has 0 spiro atoms. The highest BCUT2D eigenvalue weighted by molar-refractivity contribution is 7.98. The van der Waals surface area contributed by atoms with Crippen molar-refractivity contribution in [1.82, 2.24) is 14.9 Å². The summed E-state index contributed by atoms with van der Waals surface area (Å²) < 4.78 is 0. The Bertz CT molecular complexity index is 866. The lowest BCUT2D eigenvalue weighted by Crippen LogP contribution is -2.38. The van der Waals surface area contributed by atoms with Gasteiger partial charge in [-0.25, -0.2) is 9.97 Å². The third-order valence-electron chi connectivity index (χ3n) is 5.85. The molecule has 29 heavy (non-hydrogen) atoms. The van der Waals surface area contributed by atoms with Gasteiger partial charge in [-0.3, -0.25) is 4.79 Å². The molecule has 2 aliphatic heterocycles. The molecule has 6 heteroatoms. The third-order valence-corrected chi connectivity index (χ3v) is 6.77. The predicted octanol–water partition coefficient (Wildman–Crippen LogP) is 4.69. The molecule has 3 heterocycles. The number of hydrogen-bond donors (Lipinski definition) is 0. The summed E-state index contributed by atoms with van der Waals surface area (Å²) in [5.74, 6) is 1.97. The van der Waals surface area contributed by atoms with Crippen molar-refractivity contribution in [3.8, 4) is 0 Å². The number of benzene rings is 1. The van der Waals surface area contributed by atoms with Crippen LogP contribution in [0.1, 0.15) is 60.6 Å². The quantitative estimate of drug-likeness (QED) is 0.529. The minimum Gasteiger partial charge on any atom is -0.354 e. The van der Waals surface area contributed by atoms with Crippen molar-refractivity contribution in [2.24, 2.45) is 0 Å². The summed E-state index contributed by atoms with van der Waals surface area (Å²) in [7, 11) is 0. The van der Waals surface area contributed by atoms with Crippen LogP contribution < -0.4 is 4.90 Å². The molecule has 154 valence electrons. The molecular formula is C23H30N4OS. The maximum absolute atomic E-state index is 12.7. The zero-order valence-corrected chi connectivity index (χ0v) is 18.2. The normalized spacial score (nSPS) is 19.6. The van der Waals surface area contributed by atoms with Crippen molar-refractivity contribution in [2.75, 3.05) is 24.5 Å². The molecule has 2 fully saturated rings. The first-order valence-corrected chi connectivity index (χ1v) is 11.7. The lowest BCUT2D eigenvalue weighted by molar-refractivity contribution is 0.0792. The lowest BCUT2D eigenvalue weighted by atomic mass is 10.0. The Kier molecular flexibility index (Phi) is 6.38. The molecule has 5 nitrogen and oxygen atoms in total. The number of nitrogens with zero attached hydrogens (tertiary/aromatic N) is 4. The number of amides is 1. The van der Waals surface area contributed by atoms with Gasteiger partial charge in [0, 0.05) is 48.8 Å². The Morgan fingerprint density at radius 2 is 1.90 bits per heavy atom. The third kappa shape index (κ3) is 4.92. The average molecular weight is 411 g/mol. The van der Waals surface area contributed by atoms with Gasteiger partial charge in [-0.1, -0.05) is 23.9 Å². The molecule has 2 aromatic rings. The highest BCUT2D eigenvalue weighted by Gasteiger charge is 2.21. The molecule has 0 aliphatic carbocycles. The van der Waals surface area contributed by atoms with Crippen LogP contribution in [-0.4, -0.2) is 46.5 Å². The molecule has 2 aliphatic rings. The molecule has 0 unspecified atom stereocenters. The summed E-state index contributed by atoms with van der Waals surface area (Å²) in [5.41, 5.74) is 2.93. The minimum atomic E-state index is 0.155. The van der Waals surface area contributed by atoms with E-state index in [1.807, 2.05) is 30.0 Å². The topological polar surface area (TPSA) is 49.3 Å². The number of likely N-dealkylation sites (tertiary alicyclic amines) is 1. The number of thioether (sulfide) groups is 1. The van der Waals surface area contributed by atoms with Crippen molar-refractivity contribution in [3.05, 3.63) is 47.2 Å². The summed E-state index contributed by atoms with van der Waals surface area (Å²) in [4.78, 5) is 26.5. The van der Waals surface area contributed by atoms with Crippen LogP contribution in [0.15, 0.2) is 35.5 Å².